The van der Waals surface area contributed by atoms with Crippen LogP contribution in [0.5, 0.6) is 0 Å². The van der Waals surface area contributed by atoms with E-state index in [4.69, 9.17) is 11.6 Å². The van der Waals surface area contributed by atoms with Crippen molar-refractivity contribution >= 4 is 11.6 Å². The van der Waals surface area contributed by atoms with Crippen LogP contribution in [0.15, 0.2) is 78.9 Å². The minimum absolute atomic E-state index is 0.719. The minimum atomic E-state index is 0.719. The molecule has 0 aliphatic carbocycles. The number of piperazine rings is 1. The van der Waals surface area contributed by atoms with Gasteiger partial charge in [-0.1, -0.05) is 85.3 Å². The number of nitrogens with zero attached hydrogens (tertiary/aromatic N) is 2. The van der Waals surface area contributed by atoms with Gasteiger partial charge in [0.05, 0.1) is 0 Å². The number of hydrogen-bond donors (Lipinski definition) is 0. The van der Waals surface area contributed by atoms with Gasteiger partial charge in [-0.25, -0.2) is 0 Å². The Morgan fingerprint density at radius 1 is 0.710 bits per heavy atom. The zero-order valence-electron chi connectivity index (χ0n) is 18.5. The molecule has 0 amide bonds. The van der Waals surface area contributed by atoms with Crippen molar-refractivity contribution in [3.05, 3.63) is 95.0 Å². The van der Waals surface area contributed by atoms with Gasteiger partial charge in [-0.3, -0.25) is 4.90 Å². The molecule has 3 heteroatoms. The Hall–Kier alpha value is -2.13. The van der Waals surface area contributed by atoms with Crippen LogP contribution in [0.4, 0.5) is 0 Å². The van der Waals surface area contributed by atoms with Crippen molar-refractivity contribution in [1.82, 2.24) is 9.80 Å². The molecule has 3 aromatic carbocycles. The first-order chi connectivity index (χ1) is 15.2. The van der Waals surface area contributed by atoms with Crippen LogP contribution in [-0.4, -0.2) is 42.5 Å². The van der Waals surface area contributed by atoms with Crippen molar-refractivity contribution in [1.29, 1.82) is 0 Å². The van der Waals surface area contributed by atoms with Crippen LogP contribution in [-0.2, 0) is 13.0 Å². The molecule has 1 saturated heterocycles. The van der Waals surface area contributed by atoms with E-state index in [1.54, 1.807) is 0 Å². The molecule has 1 aliphatic heterocycles. The van der Waals surface area contributed by atoms with E-state index < -0.39 is 0 Å². The van der Waals surface area contributed by atoms with E-state index in [2.05, 4.69) is 83.5 Å². The lowest BCUT2D eigenvalue weighted by Gasteiger charge is -2.36. The smallest absolute Gasteiger partial charge is 0.0406 e. The molecule has 1 heterocycles. The molecule has 0 radical (unpaired) electrons. The zero-order chi connectivity index (χ0) is 21.5. The summed E-state index contributed by atoms with van der Waals surface area (Å²) in [6.07, 6.45) is 2.41. The molecule has 1 fully saturated rings. The molecule has 0 spiro atoms. The van der Waals surface area contributed by atoms with Crippen LogP contribution in [0.25, 0.3) is 11.1 Å². The Morgan fingerprint density at radius 3 is 1.97 bits per heavy atom. The SMILES string of the molecule is CC(CCc1ccc(-c2ccccc2)cc1)CN1CCN(Cc2ccc(Cl)cc2)CC1. The Labute approximate surface area is 192 Å². The summed E-state index contributed by atoms with van der Waals surface area (Å²) in [5.74, 6) is 0.719. The standard InChI is InChI=1S/C28H33ClN2/c1-23(7-8-24-9-13-27(14-10-24)26-5-3-2-4-6-26)21-30-17-19-31(20-18-30)22-25-11-15-28(29)16-12-25/h2-6,9-16,23H,7-8,17-22H2,1H3. The summed E-state index contributed by atoms with van der Waals surface area (Å²) in [5.41, 5.74) is 5.38. The van der Waals surface area contributed by atoms with E-state index >= 15 is 0 Å². The summed E-state index contributed by atoms with van der Waals surface area (Å²) in [7, 11) is 0. The van der Waals surface area contributed by atoms with Crippen molar-refractivity contribution in [3.63, 3.8) is 0 Å². The normalized spacial score (nSPS) is 16.3. The second-order valence-corrected chi connectivity index (χ2v) is 9.35. The summed E-state index contributed by atoms with van der Waals surface area (Å²) >= 11 is 6.00. The molecular weight excluding hydrogens is 400 g/mol. The van der Waals surface area contributed by atoms with Gasteiger partial charge in [0.2, 0.25) is 0 Å². The van der Waals surface area contributed by atoms with E-state index in [-0.39, 0.29) is 0 Å². The van der Waals surface area contributed by atoms with E-state index in [1.807, 2.05) is 12.1 Å². The minimum Gasteiger partial charge on any atom is -0.301 e. The molecule has 1 aliphatic rings. The lowest BCUT2D eigenvalue weighted by molar-refractivity contribution is 0.114. The number of hydrogen-bond acceptors (Lipinski definition) is 2. The molecule has 0 saturated carbocycles. The lowest BCUT2D eigenvalue weighted by Crippen LogP contribution is -2.47. The first-order valence-corrected chi connectivity index (χ1v) is 11.9. The molecule has 2 nitrogen and oxygen atoms in total. The van der Waals surface area contributed by atoms with Gasteiger partial charge in [-0.05, 0) is 53.1 Å². The van der Waals surface area contributed by atoms with Gasteiger partial charge in [0.15, 0.2) is 0 Å². The second kappa shape index (κ2) is 10.9. The summed E-state index contributed by atoms with van der Waals surface area (Å²) in [6, 6.07) is 28.0. The molecule has 31 heavy (non-hydrogen) atoms. The topological polar surface area (TPSA) is 6.48 Å². The fourth-order valence-corrected chi connectivity index (χ4v) is 4.54. The molecule has 0 bridgehead atoms. The third-order valence-corrected chi connectivity index (χ3v) is 6.59. The van der Waals surface area contributed by atoms with Gasteiger partial charge in [0.25, 0.3) is 0 Å². The number of rotatable bonds is 8. The third-order valence-electron chi connectivity index (χ3n) is 6.34. The Kier molecular flexibility index (Phi) is 7.80. The second-order valence-electron chi connectivity index (χ2n) is 8.91. The van der Waals surface area contributed by atoms with Crippen LogP contribution in [0.1, 0.15) is 24.5 Å². The molecule has 0 N–H and O–H groups in total. The zero-order valence-corrected chi connectivity index (χ0v) is 19.3. The highest BCUT2D eigenvalue weighted by Gasteiger charge is 2.18. The number of halogens is 1. The average molecular weight is 433 g/mol. The summed E-state index contributed by atoms with van der Waals surface area (Å²) in [5, 5.41) is 0.815. The van der Waals surface area contributed by atoms with Gasteiger partial charge < -0.3 is 4.90 Å². The largest absolute Gasteiger partial charge is 0.301 e. The van der Waals surface area contributed by atoms with E-state index in [0.717, 1.165) is 37.0 Å². The van der Waals surface area contributed by atoms with Crippen molar-refractivity contribution in [3.8, 4) is 11.1 Å². The monoisotopic (exact) mass is 432 g/mol. The highest BCUT2D eigenvalue weighted by molar-refractivity contribution is 6.30. The fourth-order valence-electron chi connectivity index (χ4n) is 4.42. The summed E-state index contributed by atoms with van der Waals surface area (Å²) < 4.78 is 0. The molecule has 162 valence electrons. The van der Waals surface area contributed by atoms with E-state index in [0.29, 0.717) is 0 Å². The van der Waals surface area contributed by atoms with Crippen molar-refractivity contribution in [2.45, 2.75) is 26.3 Å². The number of aryl methyl sites for hydroxylation is 1. The molecule has 0 aromatic heterocycles. The third kappa shape index (κ3) is 6.67. The first kappa shape index (κ1) is 22.1. The average Bonchev–Trinajstić information content (AvgIpc) is 2.81. The molecule has 3 aromatic rings. The van der Waals surface area contributed by atoms with Crippen LogP contribution in [0.2, 0.25) is 5.02 Å². The number of benzene rings is 3. The van der Waals surface area contributed by atoms with Crippen molar-refractivity contribution in [2.24, 2.45) is 5.92 Å². The maximum Gasteiger partial charge on any atom is 0.0406 e. The maximum absolute atomic E-state index is 6.00. The molecular formula is C28H33ClN2. The predicted octanol–water partition coefficient (Wildman–Crippen LogP) is 6.39. The van der Waals surface area contributed by atoms with Gasteiger partial charge in [0, 0.05) is 44.3 Å². The lowest BCUT2D eigenvalue weighted by atomic mass is 9.98. The maximum atomic E-state index is 6.00. The molecule has 1 atom stereocenters. The van der Waals surface area contributed by atoms with E-state index in [1.165, 1.54) is 48.3 Å². The fraction of sp³-hybridized carbons (Fsp3) is 0.357. The van der Waals surface area contributed by atoms with Crippen molar-refractivity contribution < 1.29 is 0 Å². The van der Waals surface area contributed by atoms with Crippen LogP contribution in [0, 0.1) is 5.92 Å². The summed E-state index contributed by atoms with van der Waals surface area (Å²) in [4.78, 5) is 5.19. The highest BCUT2D eigenvalue weighted by atomic mass is 35.5. The van der Waals surface area contributed by atoms with Crippen LogP contribution < -0.4 is 0 Å². The van der Waals surface area contributed by atoms with Gasteiger partial charge in [-0.15, -0.1) is 0 Å². The molecule has 1 unspecified atom stereocenters. The summed E-state index contributed by atoms with van der Waals surface area (Å²) in [6.45, 7) is 9.27. The highest BCUT2D eigenvalue weighted by Crippen LogP contribution is 2.21. The predicted molar refractivity (Wildman–Crippen MR) is 133 cm³/mol. The first-order valence-electron chi connectivity index (χ1n) is 11.5. The van der Waals surface area contributed by atoms with E-state index in [9.17, 15) is 0 Å². The Morgan fingerprint density at radius 2 is 1.29 bits per heavy atom. The Bertz CT molecular complexity index is 913. The van der Waals surface area contributed by atoms with Crippen molar-refractivity contribution in [2.75, 3.05) is 32.7 Å². The van der Waals surface area contributed by atoms with Gasteiger partial charge >= 0.3 is 0 Å². The Balaban J connectivity index is 1.17. The van der Waals surface area contributed by atoms with Gasteiger partial charge in [-0.2, -0.15) is 0 Å². The van der Waals surface area contributed by atoms with Gasteiger partial charge in [0.1, 0.15) is 0 Å². The van der Waals surface area contributed by atoms with Crippen LogP contribution in [0.3, 0.4) is 0 Å². The molecule has 4 rings (SSSR count). The quantitative estimate of drug-likeness (QED) is 0.406. The van der Waals surface area contributed by atoms with Crippen LogP contribution >= 0.6 is 11.6 Å².